The zero-order valence-corrected chi connectivity index (χ0v) is 9.38. The van der Waals surface area contributed by atoms with Crippen LogP contribution in [-0.4, -0.2) is 38.5 Å². The van der Waals surface area contributed by atoms with Gasteiger partial charge in [0.1, 0.15) is 0 Å². The predicted molar refractivity (Wildman–Crippen MR) is 45.1 cm³/mol. The summed E-state index contributed by atoms with van der Waals surface area (Å²) in [6, 6.07) is 0. The Bertz CT molecular complexity index is 29.5. The van der Waals surface area contributed by atoms with Crippen LogP contribution in [0, 0.1) is 6.55 Å². The Morgan fingerprint density at radius 3 is 1.56 bits per heavy atom. The maximum absolute atomic E-state index is 9.30. The second kappa shape index (κ2) is 16.0. The Balaban J connectivity index is -0.0000000720. The van der Waals surface area contributed by atoms with E-state index in [9.17, 15) is 5.11 Å². The van der Waals surface area contributed by atoms with Gasteiger partial charge in [0, 0.05) is 0 Å². The van der Waals surface area contributed by atoms with E-state index in [4.69, 9.17) is 0 Å². The van der Waals surface area contributed by atoms with Crippen molar-refractivity contribution >= 4 is 31.8 Å². The summed E-state index contributed by atoms with van der Waals surface area (Å²) in [6.45, 7) is 10.1. The van der Waals surface area contributed by atoms with Gasteiger partial charge in [-0.3, -0.25) is 0 Å². The Kier molecular flexibility index (Phi) is 29.3. The predicted octanol–water partition coefficient (Wildman–Crippen LogP) is 0.222. The van der Waals surface area contributed by atoms with E-state index >= 15 is 0 Å². The fourth-order valence-corrected chi connectivity index (χ4v) is 0. The smallest absolute Gasteiger partial charge is 0.854 e. The molecule has 1 nitrogen and oxygen atoms in total. The SMILES string of the molecule is CCC[O-].[CH2-][SiH](C)C.[Mg+2]. The van der Waals surface area contributed by atoms with E-state index in [1.807, 2.05) is 6.92 Å². The van der Waals surface area contributed by atoms with E-state index in [0.717, 1.165) is 6.42 Å². The second-order valence-electron chi connectivity index (χ2n) is 2.10. The third kappa shape index (κ3) is 114. The van der Waals surface area contributed by atoms with Crippen molar-refractivity contribution in [1.82, 2.24) is 0 Å². The van der Waals surface area contributed by atoms with Crippen LogP contribution < -0.4 is 5.11 Å². The van der Waals surface area contributed by atoms with Crippen LogP contribution in [0.3, 0.4) is 0 Å². The van der Waals surface area contributed by atoms with Crippen molar-refractivity contribution < 1.29 is 5.11 Å². The van der Waals surface area contributed by atoms with E-state index in [1.54, 1.807) is 0 Å². The standard InChI is InChI=1S/C3H7O.C3H9Si.Mg/c1-2-3-4;1-4(2)3;/h2-3H2,1H3;4H,1H2,2-3H3;/q2*-1;+2. The molecule has 0 aromatic carbocycles. The monoisotopic (exact) mass is 156 g/mol. The van der Waals surface area contributed by atoms with Crippen LogP contribution in [0.25, 0.3) is 0 Å². The maximum Gasteiger partial charge on any atom is 2.00 e. The normalized spacial score (nSPS) is 7.33. The Labute approximate surface area is 76.6 Å². The van der Waals surface area contributed by atoms with Crippen molar-refractivity contribution in [2.45, 2.75) is 26.4 Å². The molecule has 0 aromatic heterocycles. The Morgan fingerprint density at radius 2 is 1.56 bits per heavy atom. The molecule has 9 heavy (non-hydrogen) atoms. The van der Waals surface area contributed by atoms with E-state index in [1.165, 1.54) is 0 Å². The summed E-state index contributed by atoms with van der Waals surface area (Å²) in [6.07, 6.45) is 0.764. The summed E-state index contributed by atoms with van der Waals surface area (Å²) in [5.74, 6) is 0. The van der Waals surface area contributed by atoms with Gasteiger partial charge in [0.15, 0.2) is 0 Å². The molecule has 3 heteroatoms. The van der Waals surface area contributed by atoms with Gasteiger partial charge in [-0.25, -0.2) is 0 Å². The molecule has 0 saturated carbocycles. The van der Waals surface area contributed by atoms with Gasteiger partial charge in [-0.15, -0.1) is 15.4 Å². The first-order valence-electron chi connectivity index (χ1n) is 3.06. The molecule has 52 valence electrons. The van der Waals surface area contributed by atoms with Gasteiger partial charge in [0.25, 0.3) is 0 Å². The number of rotatable bonds is 1. The van der Waals surface area contributed by atoms with Crippen LogP contribution in [-0.2, 0) is 0 Å². The van der Waals surface area contributed by atoms with Crippen LogP contribution in [0.4, 0.5) is 0 Å². The molecule has 0 aliphatic carbocycles. The van der Waals surface area contributed by atoms with Crippen molar-refractivity contribution in [3.8, 4) is 0 Å². The first-order chi connectivity index (χ1) is 3.65. The zero-order valence-electron chi connectivity index (χ0n) is 6.81. The zero-order chi connectivity index (χ0) is 6.99. The van der Waals surface area contributed by atoms with Gasteiger partial charge in [0.05, 0.1) is 0 Å². The fraction of sp³-hybridized carbons (Fsp3) is 0.833. The molecular formula is C6H16MgOSi. The summed E-state index contributed by atoms with van der Waals surface area (Å²) >= 11 is 0. The molecule has 0 unspecified atom stereocenters. The van der Waals surface area contributed by atoms with E-state index in [2.05, 4.69) is 19.6 Å². The topological polar surface area (TPSA) is 23.1 Å². The molecule has 0 radical (unpaired) electrons. The average molecular weight is 157 g/mol. The summed E-state index contributed by atoms with van der Waals surface area (Å²) in [7, 11) is -0.389. The van der Waals surface area contributed by atoms with Gasteiger partial charge >= 0.3 is 23.1 Å². The molecule has 0 aliphatic rings. The molecule has 0 aliphatic heterocycles. The van der Waals surface area contributed by atoms with Crippen LogP contribution in [0.15, 0.2) is 0 Å². The first-order valence-corrected chi connectivity index (χ1v) is 6.18. The minimum absolute atomic E-state index is 0. The quantitative estimate of drug-likeness (QED) is 0.394. The largest absolute Gasteiger partial charge is 2.00 e. The van der Waals surface area contributed by atoms with Gasteiger partial charge in [0.2, 0.25) is 0 Å². The van der Waals surface area contributed by atoms with Crippen molar-refractivity contribution in [2.75, 3.05) is 6.61 Å². The van der Waals surface area contributed by atoms with E-state index in [0.29, 0.717) is 0 Å². The summed E-state index contributed by atoms with van der Waals surface area (Å²) in [5, 5.41) is 9.30. The molecule has 0 aromatic rings. The molecule has 0 fully saturated rings. The third-order valence-corrected chi connectivity index (χ3v) is 0.204. The second-order valence-corrected chi connectivity index (χ2v) is 4.89. The third-order valence-electron chi connectivity index (χ3n) is 0.204. The number of hydrogen-bond donors (Lipinski definition) is 0. The van der Waals surface area contributed by atoms with Crippen molar-refractivity contribution in [3.05, 3.63) is 6.55 Å². The molecule has 0 heterocycles. The number of hydrogen-bond acceptors (Lipinski definition) is 1. The summed E-state index contributed by atoms with van der Waals surface area (Å²) in [5.41, 5.74) is 0. The summed E-state index contributed by atoms with van der Waals surface area (Å²) < 4.78 is 0. The van der Waals surface area contributed by atoms with Gasteiger partial charge in [-0.1, -0.05) is 26.4 Å². The van der Waals surface area contributed by atoms with E-state index in [-0.39, 0.29) is 38.5 Å². The van der Waals surface area contributed by atoms with Gasteiger partial charge in [-0.2, -0.15) is 0 Å². The van der Waals surface area contributed by atoms with Crippen molar-refractivity contribution in [2.24, 2.45) is 0 Å². The van der Waals surface area contributed by atoms with E-state index < -0.39 is 0 Å². The molecule has 0 atom stereocenters. The van der Waals surface area contributed by atoms with Crippen LogP contribution >= 0.6 is 0 Å². The minimum Gasteiger partial charge on any atom is -0.854 e. The first kappa shape index (κ1) is 16.5. The average Bonchev–Trinajstić information content (AvgIpc) is 1.65. The molecule has 0 N–H and O–H groups in total. The van der Waals surface area contributed by atoms with Gasteiger partial charge < -0.3 is 11.7 Å². The Hall–Kier alpha value is 0.943. The minimum atomic E-state index is -0.389. The Morgan fingerprint density at radius 1 is 1.44 bits per heavy atom. The van der Waals surface area contributed by atoms with Crippen LogP contribution in [0.1, 0.15) is 13.3 Å². The molecule has 0 saturated heterocycles. The fourth-order valence-electron chi connectivity index (χ4n) is 0. The molecule has 0 bridgehead atoms. The van der Waals surface area contributed by atoms with Crippen molar-refractivity contribution in [3.63, 3.8) is 0 Å². The van der Waals surface area contributed by atoms with Crippen LogP contribution in [0.2, 0.25) is 13.1 Å². The maximum atomic E-state index is 9.30. The van der Waals surface area contributed by atoms with Gasteiger partial charge in [-0.05, 0) is 0 Å². The molecule has 0 amide bonds. The van der Waals surface area contributed by atoms with Crippen LogP contribution in [0.5, 0.6) is 0 Å². The molecule has 0 rings (SSSR count). The molecule has 0 spiro atoms. The molecular weight excluding hydrogens is 140 g/mol. The van der Waals surface area contributed by atoms with Crippen molar-refractivity contribution in [1.29, 1.82) is 0 Å². The summed E-state index contributed by atoms with van der Waals surface area (Å²) in [4.78, 5) is 0.